The second-order valence-electron chi connectivity index (χ2n) is 5.06. The molecule has 0 aliphatic rings. The average Bonchev–Trinajstić information content (AvgIpc) is 2.80. The molecule has 2 heterocycles. The summed E-state index contributed by atoms with van der Waals surface area (Å²) in [6.45, 7) is 0. The molecule has 112 valence electrons. The number of nitrogens with two attached hydrogens (primary N) is 1. The van der Waals surface area contributed by atoms with Crippen LogP contribution in [0, 0.1) is 0 Å². The van der Waals surface area contributed by atoms with Gasteiger partial charge in [0, 0.05) is 42.0 Å². The van der Waals surface area contributed by atoms with Gasteiger partial charge in [-0.3, -0.25) is 9.78 Å². The first-order chi connectivity index (χ1) is 10.5. The van der Waals surface area contributed by atoms with Crippen LogP contribution in [0.25, 0.3) is 10.9 Å². The summed E-state index contributed by atoms with van der Waals surface area (Å²) in [5.41, 5.74) is 8.40. The van der Waals surface area contributed by atoms with Gasteiger partial charge in [-0.15, -0.1) is 0 Å². The molecule has 0 radical (unpaired) electrons. The largest absolute Gasteiger partial charge is 0.366 e. The van der Waals surface area contributed by atoms with Gasteiger partial charge in [0.15, 0.2) is 0 Å². The first-order valence-corrected chi connectivity index (χ1v) is 7.39. The Morgan fingerprint density at radius 1 is 1.32 bits per heavy atom. The number of carbonyl (C=O) groups is 1. The van der Waals surface area contributed by atoms with Crippen LogP contribution >= 0.6 is 23.2 Å². The lowest BCUT2D eigenvalue weighted by atomic mass is 10.1. The van der Waals surface area contributed by atoms with Crippen molar-refractivity contribution in [2.24, 2.45) is 12.8 Å². The van der Waals surface area contributed by atoms with Crippen molar-refractivity contribution < 1.29 is 4.79 Å². The number of fused-ring (bicyclic) bond motifs is 1. The van der Waals surface area contributed by atoms with Crippen LogP contribution in [0.4, 0.5) is 0 Å². The minimum absolute atomic E-state index is 0.279. The predicted molar refractivity (Wildman–Crippen MR) is 88.5 cm³/mol. The lowest BCUT2D eigenvalue weighted by Crippen LogP contribution is -2.12. The summed E-state index contributed by atoms with van der Waals surface area (Å²) in [4.78, 5) is 15.5. The van der Waals surface area contributed by atoms with E-state index in [0.29, 0.717) is 22.0 Å². The summed E-state index contributed by atoms with van der Waals surface area (Å²) in [6, 6.07) is 7.17. The number of rotatable bonds is 3. The summed E-state index contributed by atoms with van der Waals surface area (Å²) in [5.74, 6) is -0.566. The van der Waals surface area contributed by atoms with Crippen molar-refractivity contribution in [3.63, 3.8) is 0 Å². The van der Waals surface area contributed by atoms with Crippen molar-refractivity contribution in [2.75, 3.05) is 0 Å². The van der Waals surface area contributed by atoms with E-state index in [1.165, 1.54) is 0 Å². The molecule has 0 spiro atoms. The second-order valence-corrected chi connectivity index (χ2v) is 5.84. The molecule has 1 amide bonds. The number of pyridine rings is 1. The fraction of sp³-hybridized carbons (Fsp3) is 0.125. The first kappa shape index (κ1) is 14.9. The number of amides is 1. The summed E-state index contributed by atoms with van der Waals surface area (Å²) in [7, 11) is 1.97. The van der Waals surface area contributed by atoms with Crippen LogP contribution in [0.5, 0.6) is 0 Å². The first-order valence-electron chi connectivity index (χ1n) is 6.64. The zero-order valence-electron chi connectivity index (χ0n) is 11.8. The van der Waals surface area contributed by atoms with Crippen LogP contribution in [-0.4, -0.2) is 15.5 Å². The van der Waals surface area contributed by atoms with Crippen molar-refractivity contribution in [2.45, 2.75) is 6.42 Å². The molecule has 3 aromatic rings. The van der Waals surface area contributed by atoms with Gasteiger partial charge in [-0.05, 0) is 29.8 Å². The maximum absolute atomic E-state index is 11.4. The topological polar surface area (TPSA) is 60.9 Å². The van der Waals surface area contributed by atoms with E-state index in [9.17, 15) is 4.79 Å². The minimum atomic E-state index is -0.566. The highest BCUT2D eigenvalue weighted by atomic mass is 35.5. The number of benzene rings is 1. The fourth-order valence-corrected chi connectivity index (χ4v) is 3.15. The van der Waals surface area contributed by atoms with E-state index >= 15 is 0 Å². The lowest BCUT2D eigenvalue weighted by Gasteiger charge is -2.11. The van der Waals surface area contributed by atoms with Crippen molar-refractivity contribution >= 4 is 40.0 Å². The summed E-state index contributed by atoms with van der Waals surface area (Å²) in [5, 5.41) is 1.86. The minimum Gasteiger partial charge on any atom is -0.366 e. The molecule has 1 aromatic carbocycles. The maximum atomic E-state index is 11.4. The van der Waals surface area contributed by atoms with Crippen LogP contribution in [0.1, 0.15) is 21.6 Å². The molecular weight excluding hydrogens is 321 g/mol. The van der Waals surface area contributed by atoms with Gasteiger partial charge in [0.25, 0.3) is 0 Å². The Morgan fingerprint density at radius 3 is 2.77 bits per heavy atom. The van der Waals surface area contributed by atoms with Crippen molar-refractivity contribution in [3.05, 3.63) is 63.5 Å². The molecule has 22 heavy (non-hydrogen) atoms. The van der Waals surface area contributed by atoms with Crippen LogP contribution in [0.15, 0.2) is 36.7 Å². The Hall–Kier alpha value is -2.04. The zero-order valence-corrected chi connectivity index (χ0v) is 13.3. The third-order valence-electron chi connectivity index (χ3n) is 3.75. The molecule has 6 heteroatoms. The molecule has 0 aliphatic heterocycles. The standard InChI is InChI=1S/C16H13Cl2N3O/c1-21-10(6-9-8-20-5-4-14(9)21)7-12-13(17)3-2-11(15(12)18)16(19)22/h2-6,8H,7H2,1H3,(H2,19,22). The van der Waals surface area contributed by atoms with Crippen LogP contribution in [-0.2, 0) is 13.5 Å². The summed E-state index contributed by atoms with van der Waals surface area (Å²) < 4.78 is 2.06. The monoisotopic (exact) mass is 333 g/mol. The number of hydrogen-bond acceptors (Lipinski definition) is 2. The zero-order chi connectivity index (χ0) is 15.9. The second kappa shape index (κ2) is 5.63. The maximum Gasteiger partial charge on any atom is 0.250 e. The molecule has 2 N–H and O–H groups in total. The number of primary amides is 1. The molecular formula is C16H13Cl2N3O. The molecule has 2 aromatic heterocycles. The number of halogens is 2. The SMILES string of the molecule is Cn1c(Cc2c(Cl)ccc(C(N)=O)c2Cl)cc2cnccc21. The van der Waals surface area contributed by atoms with Crippen LogP contribution < -0.4 is 5.73 Å². The highest BCUT2D eigenvalue weighted by Crippen LogP contribution is 2.31. The molecule has 0 aliphatic carbocycles. The van der Waals surface area contributed by atoms with E-state index < -0.39 is 5.91 Å². The number of aromatic nitrogens is 2. The fourth-order valence-electron chi connectivity index (χ4n) is 2.55. The Balaban J connectivity index is 2.10. The van der Waals surface area contributed by atoms with Gasteiger partial charge >= 0.3 is 0 Å². The van der Waals surface area contributed by atoms with E-state index in [-0.39, 0.29) is 5.56 Å². The van der Waals surface area contributed by atoms with E-state index in [4.69, 9.17) is 28.9 Å². The average molecular weight is 334 g/mol. The van der Waals surface area contributed by atoms with Crippen molar-refractivity contribution in [1.82, 2.24) is 9.55 Å². The highest BCUT2D eigenvalue weighted by Gasteiger charge is 2.16. The summed E-state index contributed by atoms with van der Waals surface area (Å²) in [6.07, 6.45) is 4.06. The number of hydrogen-bond donors (Lipinski definition) is 1. The molecule has 3 rings (SSSR count). The van der Waals surface area contributed by atoms with Gasteiger partial charge in [0.05, 0.1) is 16.1 Å². The Labute approximate surface area is 137 Å². The Bertz CT molecular complexity index is 886. The van der Waals surface area contributed by atoms with Gasteiger partial charge in [0.2, 0.25) is 5.91 Å². The normalized spacial score (nSPS) is 11.0. The third-order valence-corrected chi connectivity index (χ3v) is 4.54. The van der Waals surface area contributed by atoms with Crippen molar-refractivity contribution in [1.29, 1.82) is 0 Å². The van der Waals surface area contributed by atoms with Gasteiger partial charge in [0.1, 0.15) is 0 Å². The Morgan fingerprint density at radius 2 is 2.09 bits per heavy atom. The quantitative estimate of drug-likeness (QED) is 0.796. The molecule has 0 unspecified atom stereocenters. The van der Waals surface area contributed by atoms with Crippen LogP contribution in [0.3, 0.4) is 0 Å². The van der Waals surface area contributed by atoms with E-state index in [1.54, 1.807) is 18.3 Å². The van der Waals surface area contributed by atoms with Gasteiger partial charge in [-0.25, -0.2) is 0 Å². The summed E-state index contributed by atoms with van der Waals surface area (Å²) >= 11 is 12.6. The number of nitrogens with zero attached hydrogens (tertiary/aromatic N) is 2. The molecule has 0 saturated carbocycles. The van der Waals surface area contributed by atoms with Gasteiger partial charge in [-0.1, -0.05) is 23.2 Å². The molecule has 0 saturated heterocycles. The number of aryl methyl sites for hydroxylation is 1. The number of carbonyl (C=O) groups excluding carboxylic acids is 1. The smallest absolute Gasteiger partial charge is 0.250 e. The van der Waals surface area contributed by atoms with E-state index in [1.807, 2.05) is 25.4 Å². The predicted octanol–water partition coefficient (Wildman–Crippen LogP) is 3.57. The third kappa shape index (κ3) is 2.45. The van der Waals surface area contributed by atoms with E-state index in [2.05, 4.69) is 9.55 Å². The van der Waals surface area contributed by atoms with Gasteiger partial charge in [-0.2, -0.15) is 0 Å². The Kier molecular flexibility index (Phi) is 3.81. The molecule has 0 atom stereocenters. The van der Waals surface area contributed by atoms with Crippen molar-refractivity contribution in [3.8, 4) is 0 Å². The van der Waals surface area contributed by atoms with Gasteiger partial charge < -0.3 is 10.3 Å². The van der Waals surface area contributed by atoms with Crippen LogP contribution in [0.2, 0.25) is 10.0 Å². The van der Waals surface area contributed by atoms with E-state index in [0.717, 1.165) is 16.6 Å². The highest BCUT2D eigenvalue weighted by molar-refractivity contribution is 6.38. The molecule has 0 fully saturated rings. The molecule has 4 nitrogen and oxygen atoms in total. The lowest BCUT2D eigenvalue weighted by molar-refractivity contribution is 0.100. The molecule has 0 bridgehead atoms.